The van der Waals surface area contributed by atoms with Gasteiger partial charge in [0.15, 0.2) is 0 Å². The third-order valence-electron chi connectivity index (χ3n) is 1.22. The van der Waals surface area contributed by atoms with Gasteiger partial charge in [-0.05, 0) is 6.42 Å². The molecule has 0 aromatic heterocycles. The molecule has 0 spiro atoms. The summed E-state index contributed by atoms with van der Waals surface area (Å²) < 4.78 is 9.12. The number of hydrogen-bond acceptors (Lipinski definition) is 4. The van der Waals surface area contributed by atoms with E-state index in [-0.39, 0.29) is 19.2 Å². The van der Waals surface area contributed by atoms with Gasteiger partial charge in [0.05, 0.1) is 19.5 Å². The number of aliphatic hydroxyl groups excluding tert-OH is 1. The van der Waals surface area contributed by atoms with Crippen molar-refractivity contribution in [2.24, 2.45) is 0 Å². The maximum atomic E-state index is 10.8. The fraction of sp³-hybridized carbons (Fsp3) is 0.857. The van der Waals surface area contributed by atoms with Gasteiger partial charge in [0, 0.05) is 6.42 Å². The average Bonchev–Trinajstić information content (AvgIpc) is 2.07. The fourth-order valence-corrected chi connectivity index (χ4v) is 0.690. The molecule has 0 heterocycles. The molecule has 1 N–H and O–H groups in total. The smallest absolute Gasteiger partial charge is 0.305 e. The summed E-state index contributed by atoms with van der Waals surface area (Å²) in [5.41, 5.74) is 0. The van der Waals surface area contributed by atoms with Gasteiger partial charge in [-0.15, -0.1) is 0 Å². The lowest BCUT2D eigenvalue weighted by Crippen LogP contribution is -2.22. The Morgan fingerprint density at radius 1 is 1.67 bits per heavy atom. The van der Waals surface area contributed by atoms with Crippen LogP contribution in [-0.2, 0) is 13.7 Å². The highest BCUT2D eigenvalue weighted by atomic mass is 32.1. The Hall–Kier alpha value is -0.260. The third-order valence-corrected chi connectivity index (χ3v) is 1.50. The minimum Gasteiger partial charge on any atom is -0.463 e. The molecule has 0 aromatic carbocycles. The van der Waals surface area contributed by atoms with E-state index in [2.05, 4.69) is 17.1 Å². The molecule has 0 aliphatic heterocycles. The lowest BCUT2D eigenvalue weighted by atomic mass is 10.3. The van der Waals surface area contributed by atoms with E-state index in [0.29, 0.717) is 6.42 Å². The zero-order valence-electron chi connectivity index (χ0n) is 6.99. The minimum atomic E-state index is -0.583. The molecule has 0 amide bonds. The molecule has 0 fully saturated rings. The van der Waals surface area contributed by atoms with E-state index < -0.39 is 6.10 Å². The van der Waals surface area contributed by atoms with Crippen LogP contribution in [0.4, 0.5) is 0 Å². The van der Waals surface area contributed by atoms with Crippen molar-refractivity contribution >= 4 is 18.9 Å². The topological polar surface area (TPSA) is 55.8 Å². The number of aliphatic hydroxyl groups is 1. The van der Waals surface area contributed by atoms with Gasteiger partial charge < -0.3 is 9.84 Å². The molecule has 0 saturated heterocycles. The molecule has 0 saturated carbocycles. The van der Waals surface area contributed by atoms with Crippen molar-refractivity contribution in [1.82, 2.24) is 0 Å². The van der Waals surface area contributed by atoms with E-state index in [9.17, 15) is 4.79 Å². The summed E-state index contributed by atoms with van der Waals surface area (Å²) in [6, 6.07) is 0. The minimum absolute atomic E-state index is 0.0266. The first-order valence-electron chi connectivity index (χ1n) is 3.79. The van der Waals surface area contributed by atoms with E-state index in [1.165, 1.54) is 0 Å². The van der Waals surface area contributed by atoms with Crippen LogP contribution in [0.25, 0.3) is 0 Å². The summed E-state index contributed by atoms with van der Waals surface area (Å²) >= 11 is 4.24. The summed E-state index contributed by atoms with van der Waals surface area (Å²) in [6.45, 7) is 1.68. The van der Waals surface area contributed by atoms with Gasteiger partial charge >= 0.3 is 5.97 Å². The third kappa shape index (κ3) is 5.40. The first-order chi connectivity index (χ1) is 5.74. The summed E-state index contributed by atoms with van der Waals surface area (Å²) in [5.74, 6) is -0.289. The Kier molecular flexibility index (Phi) is 7.23. The second kappa shape index (κ2) is 7.39. The van der Waals surface area contributed by atoms with Gasteiger partial charge in [0.1, 0.15) is 12.7 Å². The fourth-order valence-electron chi connectivity index (χ4n) is 0.573. The molecule has 1 radical (unpaired) electrons. The normalized spacial score (nSPS) is 12.6. The van der Waals surface area contributed by atoms with E-state index in [1.54, 1.807) is 0 Å². The number of hydrogen-bond donors (Lipinski definition) is 1. The van der Waals surface area contributed by atoms with Crippen molar-refractivity contribution in [3.63, 3.8) is 0 Å². The maximum absolute atomic E-state index is 10.8. The molecular formula is C7H13O4S. The molecule has 0 rings (SSSR count). The molecule has 0 aliphatic rings. The van der Waals surface area contributed by atoms with Crippen LogP contribution < -0.4 is 0 Å². The highest BCUT2D eigenvalue weighted by Gasteiger charge is 2.09. The number of carbonyl (C=O) groups excluding carboxylic acids is 1. The molecule has 1 atom stereocenters. The van der Waals surface area contributed by atoms with Crippen LogP contribution in [0, 0.1) is 0 Å². The van der Waals surface area contributed by atoms with Gasteiger partial charge in [-0.3, -0.25) is 8.98 Å². The van der Waals surface area contributed by atoms with Crippen LogP contribution >= 0.6 is 12.9 Å². The van der Waals surface area contributed by atoms with Gasteiger partial charge in [0.2, 0.25) is 0 Å². The van der Waals surface area contributed by atoms with Gasteiger partial charge in [-0.2, -0.15) is 0 Å². The van der Waals surface area contributed by atoms with Crippen molar-refractivity contribution < 1.29 is 18.8 Å². The molecule has 0 aromatic rings. The summed E-state index contributed by atoms with van der Waals surface area (Å²) in [7, 11) is 0. The van der Waals surface area contributed by atoms with Crippen molar-refractivity contribution in [2.75, 3.05) is 13.2 Å². The molecular weight excluding hydrogens is 180 g/mol. The van der Waals surface area contributed by atoms with Crippen LogP contribution in [0.2, 0.25) is 0 Å². The number of carbonyl (C=O) groups is 1. The van der Waals surface area contributed by atoms with Gasteiger partial charge in [-0.1, -0.05) is 6.92 Å². The Balaban J connectivity index is 3.44. The zero-order chi connectivity index (χ0) is 9.40. The van der Waals surface area contributed by atoms with E-state index >= 15 is 0 Å². The van der Waals surface area contributed by atoms with E-state index in [1.807, 2.05) is 6.92 Å². The predicted octanol–water partition coefficient (Wildman–Crippen LogP) is 0.820. The maximum Gasteiger partial charge on any atom is 0.305 e. The van der Waals surface area contributed by atoms with Crippen molar-refractivity contribution in [2.45, 2.75) is 25.9 Å². The molecule has 12 heavy (non-hydrogen) atoms. The molecule has 4 nitrogen and oxygen atoms in total. The summed E-state index contributed by atoms with van der Waals surface area (Å²) in [6.07, 6.45) is 0.549. The Labute approximate surface area is 77.5 Å². The summed E-state index contributed by atoms with van der Waals surface area (Å²) in [4.78, 5) is 10.8. The van der Waals surface area contributed by atoms with E-state index in [4.69, 9.17) is 9.84 Å². The first-order valence-corrected chi connectivity index (χ1v) is 4.13. The van der Waals surface area contributed by atoms with Gasteiger partial charge in [-0.25, -0.2) is 0 Å². The molecule has 0 bridgehead atoms. The SMILES string of the molecule is CCCC(=O)OCC(CO)O[S]. The van der Waals surface area contributed by atoms with Crippen LogP contribution in [0.5, 0.6) is 0 Å². The van der Waals surface area contributed by atoms with E-state index in [0.717, 1.165) is 6.42 Å². The second-order valence-corrected chi connectivity index (χ2v) is 2.53. The van der Waals surface area contributed by atoms with Crippen molar-refractivity contribution in [3.8, 4) is 0 Å². The monoisotopic (exact) mass is 193 g/mol. The predicted molar refractivity (Wildman–Crippen MR) is 45.4 cm³/mol. The molecule has 0 aliphatic carbocycles. The number of rotatable bonds is 6. The van der Waals surface area contributed by atoms with Crippen molar-refractivity contribution in [1.29, 1.82) is 0 Å². The van der Waals surface area contributed by atoms with Crippen LogP contribution in [-0.4, -0.2) is 30.4 Å². The number of ether oxygens (including phenoxy) is 1. The quantitative estimate of drug-likeness (QED) is 0.634. The molecule has 5 heteroatoms. The van der Waals surface area contributed by atoms with Crippen molar-refractivity contribution in [3.05, 3.63) is 0 Å². The average molecular weight is 193 g/mol. The van der Waals surface area contributed by atoms with Crippen LogP contribution in [0.15, 0.2) is 0 Å². The Morgan fingerprint density at radius 3 is 2.75 bits per heavy atom. The van der Waals surface area contributed by atoms with Gasteiger partial charge in [0.25, 0.3) is 0 Å². The largest absolute Gasteiger partial charge is 0.463 e. The zero-order valence-corrected chi connectivity index (χ0v) is 7.80. The lowest BCUT2D eigenvalue weighted by Gasteiger charge is -2.10. The first kappa shape index (κ1) is 11.7. The standard InChI is InChI=1S/C7H13O4S/c1-2-3-7(9)10-5-6(4-8)11-12/h6,8H,2-5H2,1H3. The highest BCUT2D eigenvalue weighted by molar-refractivity contribution is 7.75. The summed E-state index contributed by atoms with van der Waals surface area (Å²) in [5, 5.41) is 8.59. The number of esters is 1. The Morgan fingerprint density at radius 2 is 2.33 bits per heavy atom. The van der Waals surface area contributed by atoms with Crippen LogP contribution in [0.1, 0.15) is 19.8 Å². The lowest BCUT2D eigenvalue weighted by molar-refractivity contribution is -0.146. The van der Waals surface area contributed by atoms with Crippen LogP contribution in [0.3, 0.4) is 0 Å². The molecule has 71 valence electrons. The molecule has 1 unspecified atom stereocenters. The highest BCUT2D eigenvalue weighted by Crippen LogP contribution is 1.97. The Bertz CT molecular complexity index is 125. The second-order valence-electron chi connectivity index (χ2n) is 2.33.